The number of hydrogen-bond acceptors (Lipinski definition) is 5. The van der Waals surface area contributed by atoms with Crippen LogP contribution in [0.3, 0.4) is 0 Å². The van der Waals surface area contributed by atoms with Gasteiger partial charge >= 0.3 is 0 Å². The molecule has 0 bridgehead atoms. The van der Waals surface area contributed by atoms with Crippen molar-refractivity contribution in [2.75, 3.05) is 20.3 Å². The van der Waals surface area contributed by atoms with E-state index in [1.54, 1.807) is 44.3 Å². The van der Waals surface area contributed by atoms with E-state index in [9.17, 15) is 19.5 Å². The summed E-state index contributed by atoms with van der Waals surface area (Å²) in [5.41, 5.74) is 1.16. The van der Waals surface area contributed by atoms with Crippen molar-refractivity contribution < 1.29 is 24.2 Å². The van der Waals surface area contributed by atoms with Gasteiger partial charge in [-0.2, -0.15) is 0 Å². The second-order valence-electron chi connectivity index (χ2n) is 8.76. The summed E-state index contributed by atoms with van der Waals surface area (Å²) < 4.78 is 5.27. The SMILES string of the molecule is CC(C)c1ccc(C(=O)NC(Cc2cccc(O)c2)C(=O)N(C)C2(C)COCC2=O)cc1. The summed E-state index contributed by atoms with van der Waals surface area (Å²) >= 11 is 0. The maximum atomic E-state index is 13.4. The molecule has 0 aliphatic carbocycles. The molecule has 7 heteroatoms. The Morgan fingerprint density at radius 1 is 1.19 bits per heavy atom. The molecule has 2 aromatic carbocycles. The van der Waals surface area contributed by atoms with E-state index in [0.29, 0.717) is 17.0 Å². The van der Waals surface area contributed by atoms with Crippen LogP contribution in [0.5, 0.6) is 5.75 Å². The van der Waals surface area contributed by atoms with Crippen molar-refractivity contribution >= 4 is 17.6 Å². The number of aromatic hydroxyl groups is 1. The summed E-state index contributed by atoms with van der Waals surface area (Å²) in [6.07, 6.45) is 0.165. The summed E-state index contributed by atoms with van der Waals surface area (Å²) in [7, 11) is 1.55. The number of ether oxygens (including phenoxy) is 1. The first-order chi connectivity index (χ1) is 15.1. The van der Waals surface area contributed by atoms with Crippen LogP contribution in [0.4, 0.5) is 0 Å². The van der Waals surface area contributed by atoms with E-state index in [0.717, 1.165) is 5.56 Å². The number of nitrogens with one attached hydrogen (secondary N) is 1. The third kappa shape index (κ3) is 4.99. The molecule has 2 unspecified atom stereocenters. The Bertz CT molecular complexity index is 1000. The molecule has 1 fully saturated rings. The van der Waals surface area contributed by atoms with E-state index in [-0.39, 0.29) is 37.1 Å². The standard InChI is InChI=1S/C25H30N2O5/c1-16(2)18-8-10-19(11-9-18)23(30)26-21(13-17-6-5-7-20(28)12-17)24(31)27(4)25(3)15-32-14-22(25)29/h5-12,16,21,28H,13-15H2,1-4H3,(H,26,30). The largest absolute Gasteiger partial charge is 0.508 e. The number of carbonyl (C=O) groups excluding carboxylic acids is 3. The summed E-state index contributed by atoms with van der Waals surface area (Å²) in [5.74, 6) is -0.551. The molecule has 1 aliphatic rings. The lowest BCUT2D eigenvalue weighted by molar-refractivity contribution is -0.142. The first-order valence-electron chi connectivity index (χ1n) is 10.7. The molecule has 2 amide bonds. The minimum absolute atomic E-state index is 0.0418. The minimum atomic E-state index is -1.09. The van der Waals surface area contributed by atoms with Crippen LogP contribution in [0.1, 0.15) is 48.2 Å². The zero-order chi connectivity index (χ0) is 23.5. The van der Waals surface area contributed by atoms with Crippen LogP contribution < -0.4 is 5.32 Å². The number of likely N-dealkylation sites (N-methyl/N-ethyl adjacent to an activating group) is 1. The lowest BCUT2D eigenvalue weighted by Gasteiger charge is -2.35. The fraction of sp³-hybridized carbons (Fsp3) is 0.400. The number of phenolic OH excluding ortho intramolecular Hbond substituents is 1. The topological polar surface area (TPSA) is 95.9 Å². The number of Topliss-reactive ketones (excluding diaryl/α,β-unsaturated/α-hetero) is 1. The van der Waals surface area contributed by atoms with Gasteiger partial charge in [-0.1, -0.05) is 38.1 Å². The van der Waals surface area contributed by atoms with Gasteiger partial charge in [0.1, 0.15) is 23.9 Å². The normalized spacial score (nSPS) is 19.1. The van der Waals surface area contributed by atoms with Gasteiger partial charge in [0.05, 0.1) is 6.61 Å². The van der Waals surface area contributed by atoms with Crippen LogP contribution in [0, 0.1) is 0 Å². The molecule has 1 saturated heterocycles. The molecular formula is C25H30N2O5. The number of amides is 2. The van der Waals surface area contributed by atoms with Gasteiger partial charge in [-0.3, -0.25) is 14.4 Å². The Morgan fingerprint density at radius 3 is 2.44 bits per heavy atom. The van der Waals surface area contributed by atoms with Gasteiger partial charge in [-0.25, -0.2) is 0 Å². The molecule has 32 heavy (non-hydrogen) atoms. The average Bonchev–Trinajstić information content (AvgIpc) is 3.11. The van der Waals surface area contributed by atoms with Crippen molar-refractivity contribution in [3.8, 4) is 5.75 Å². The van der Waals surface area contributed by atoms with Crippen molar-refractivity contribution in [1.82, 2.24) is 10.2 Å². The number of ketones is 1. The number of nitrogens with zero attached hydrogens (tertiary/aromatic N) is 1. The molecule has 170 valence electrons. The predicted molar refractivity (Wildman–Crippen MR) is 121 cm³/mol. The van der Waals surface area contributed by atoms with E-state index in [2.05, 4.69) is 19.2 Å². The Hall–Kier alpha value is -3.19. The Kier molecular flexibility index (Phi) is 6.99. The van der Waals surface area contributed by atoms with Crippen molar-refractivity contribution in [3.05, 3.63) is 65.2 Å². The smallest absolute Gasteiger partial charge is 0.251 e. The Labute approximate surface area is 188 Å². The summed E-state index contributed by atoms with van der Waals surface area (Å²) in [6.45, 7) is 5.88. The third-order valence-corrected chi connectivity index (χ3v) is 6.08. The van der Waals surface area contributed by atoms with Gasteiger partial charge in [0, 0.05) is 19.0 Å². The number of benzene rings is 2. The molecule has 0 saturated carbocycles. The zero-order valence-corrected chi connectivity index (χ0v) is 18.9. The zero-order valence-electron chi connectivity index (χ0n) is 18.9. The van der Waals surface area contributed by atoms with E-state index in [4.69, 9.17) is 4.74 Å². The van der Waals surface area contributed by atoms with E-state index >= 15 is 0 Å². The Morgan fingerprint density at radius 2 is 1.88 bits per heavy atom. The van der Waals surface area contributed by atoms with Gasteiger partial charge < -0.3 is 20.1 Å². The van der Waals surface area contributed by atoms with E-state index in [1.807, 2.05) is 12.1 Å². The third-order valence-electron chi connectivity index (χ3n) is 6.08. The fourth-order valence-corrected chi connectivity index (χ4v) is 3.72. The molecule has 0 aromatic heterocycles. The Balaban J connectivity index is 1.85. The number of carbonyl (C=O) groups is 3. The molecule has 2 N–H and O–H groups in total. The van der Waals surface area contributed by atoms with Crippen molar-refractivity contribution in [2.24, 2.45) is 0 Å². The van der Waals surface area contributed by atoms with Crippen molar-refractivity contribution in [3.63, 3.8) is 0 Å². The molecule has 2 aromatic rings. The monoisotopic (exact) mass is 438 g/mol. The van der Waals surface area contributed by atoms with E-state index in [1.165, 1.54) is 11.0 Å². The molecule has 1 heterocycles. The predicted octanol–water partition coefficient (Wildman–Crippen LogP) is 2.67. The molecule has 7 nitrogen and oxygen atoms in total. The quantitative estimate of drug-likeness (QED) is 0.693. The highest BCUT2D eigenvalue weighted by Crippen LogP contribution is 2.23. The first-order valence-corrected chi connectivity index (χ1v) is 10.7. The highest BCUT2D eigenvalue weighted by atomic mass is 16.5. The first kappa shape index (κ1) is 23.5. The summed E-state index contributed by atoms with van der Waals surface area (Å²) in [6, 6.07) is 12.9. The summed E-state index contributed by atoms with van der Waals surface area (Å²) in [4.78, 5) is 40.1. The maximum Gasteiger partial charge on any atom is 0.251 e. The number of rotatable bonds is 7. The molecular weight excluding hydrogens is 408 g/mol. The van der Waals surface area contributed by atoms with Crippen LogP contribution >= 0.6 is 0 Å². The maximum absolute atomic E-state index is 13.4. The van der Waals surface area contributed by atoms with Crippen LogP contribution in [0.2, 0.25) is 0 Å². The molecule has 0 radical (unpaired) electrons. The molecule has 1 aliphatic heterocycles. The lowest BCUT2D eigenvalue weighted by Crippen LogP contribution is -2.58. The molecule has 3 rings (SSSR count). The van der Waals surface area contributed by atoms with Gasteiger partial charge in [-0.15, -0.1) is 0 Å². The lowest BCUT2D eigenvalue weighted by atomic mass is 9.95. The van der Waals surface area contributed by atoms with Gasteiger partial charge in [0.15, 0.2) is 5.78 Å². The second kappa shape index (κ2) is 9.53. The van der Waals surface area contributed by atoms with Crippen LogP contribution in [0.25, 0.3) is 0 Å². The number of hydrogen-bond donors (Lipinski definition) is 2. The van der Waals surface area contributed by atoms with Crippen molar-refractivity contribution in [1.29, 1.82) is 0 Å². The molecule has 2 atom stereocenters. The molecule has 0 spiro atoms. The average molecular weight is 439 g/mol. The van der Waals surface area contributed by atoms with Crippen LogP contribution in [0.15, 0.2) is 48.5 Å². The van der Waals surface area contributed by atoms with Crippen LogP contribution in [-0.2, 0) is 20.7 Å². The van der Waals surface area contributed by atoms with Gasteiger partial charge in [-0.05, 0) is 48.2 Å². The van der Waals surface area contributed by atoms with Crippen molar-refractivity contribution in [2.45, 2.75) is 44.7 Å². The number of phenols is 1. The van der Waals surface area contributed by atoms with Gasteiger partial charge in [0.2, 0.25) is 5.91 Å². The van der Waals surface area contributed by atoms with E-state index < -0.39 is 17.5 Å². The minimum Gasteiger partial charge on any atom is -0.508 e. The highest BCUT2D eigenvalue weighted by molar-refractivity contribution is 6.00. The fourth-order valence-electron chi connectivity index (χ4n) is 3.72. The summed E-state index contributed by atoms with van der Waals surface area (Å²) in [5, 5.41) is 12.6. The van der Waals surface area contributed by atoms with Crippen LogP contribution in [-0.4, -0.2) is 59.4 Å². The second-order valence-corrected chi connectivity index (χ2v) is 8.76. The highest BCUT2D eigenvalue weighted by Gasteiger charge is 2.45. The van der Waals surface area contributed by atoms with Gasteiger partial charge in [0.25, 0.3) is 5.91 Å².